The van der Waals surface area contributed by atoms with Crippen LogP contribution in [0.2, 0.25) is 0 Å². The molecule has 2 heterocycles. The molecule has 7 rings (SSSR count). The van der Waals surface area contributed by atoms with Gasteiger partial charge in [-0.05, 0) is 37.1 Å². The molecule has 3 nitrogen and oxygen atoms in total. The van der Waals surface area contributed by atoms with Gasteiger partial charge in [0.25, 0.3) is 0 Å². The fourth-order valence-corrected chi connectivity index (χ4v) is 5.25. The van der Waals surface area contributed by atoms with Crippen molar-refractivity contribution in [1.82, 2.24) is 4.57 Å². The Hall–Kier alpha value is -3.81. The van der Waals surface area contributed by atoms with Crippen LogP contribution in [0, 0.1) is 24.9 Å². The summed E-state index contributed by atoms with van der Waals surface area (Å²) in [6, 6.07) is 46.5. The molecule has 0 saturated carbocycles. The van der Waals surface area contributed by atoms with Crippen molar-refractivity contribution in [1.29, 1.82) is 0 Å². The first-order chi connectivity index (χ1) is 17.8. The van der Waals surface area contributed by atoms with Gasteiger partial charge in [0, 0.05) is 16.9 Å². The van der Waals surface area contributed by atoms with Crippen LogP contribution in [-0.2, 0) is 27.5 Å². The molecule has 0 bridgehead atoms. The Labute approximate surface area is 231 Å². The van der Waals surface area contributed by atoms with E-state index >= 15 is 0 Å². The van der Waals surface area contributed by atoms with Gasteiger partial charge in [0.1, 0.15) is 0 Å². The Kier molecular flexibility index (Phi) is 6.10. The second-order valence-electron chi connectivity index (χ2n) is 9.18. The summed E-state index contributed by atoms with van der Waals surface area (Å²) in [4.78, 5) is 4.35. The zero-order chi connectivity index (χ0) is 24.1. The number of para-hydroxylation sites is 4. The number of aromatic nitrogens is 1. The predicted octanol–water partition coefficient (Wildman–Crippen LogP) is 7.48. The Morgan fingerprint density at radius 1 is 0.703 bits per heavy atom. The molecule has 1 aliphatic heterocycles. The number of benzene rings is 5. The molecule has 0 spiro atoms. The zero-order valence-electron chi connectivity index (χ0n) is 20.3. The van der Waals surface area contributed by atoms with Crippen molar-refractivity contribution in [2.45, 2.75) is 6.42 Å². The predicted molar refractivity (Wildman–Crippen MR) is 148 cm³/mol. The average molecular weight is 657 g/mol. The molecule has 1 aliphatic rings. The number of hydrogen-bond donors (Lipinski definition) is 0. The van der Waals surface area contributed by atoms with Gasteiger partial charge in [0.15, 0.2) is 0 Å². The number of rotatable bonds is 4. The van der Waals surface area contributed by atoms with Crippen LogP contribution < -0.4 is 9.80 Å². The summed E-state index contributed by atoms with van der Waals surface area (Å²) in [6.07, 6.45) is 0.770. The minimum Gasteiger partial charge on any atom is -0.504 e. The van der Waals surface area contributed by atoms with Gasteiger partial charge in [-0.3, -0.25) is 0 Å². The van der Waals surface area contributed by atoms with Crippen molar-refractivity contribution in [2.75, 3.05) is 16.8 Å². The SMILES string of the molecule is CN1[CH-]N(c2[c-]c(Cc3[c-]cc4c(c3)c3ccccc3n4-c3[c-]cccc3)ccc2)c2ccccc21.[Pt+4]. The number of fused-ring (bicyclic) bond motifs is 4. The summed E-state index contributed by atoms with van der Waals surface area (Å²) in [5, 5.41) is 2.47. The molecule has 180 valence electrons. The molecular formula is C33H23N3Pt. The molecule has 0 radical (unpaired) electrons. The first-order valence-corrected chi connectivity index (χ1v) is 12.1. The number of anilines is 3. The van der Waals surface area contributed by atoms with Crippen molar-refractivity contribution >= 4 is 38.9 Å². The van der Waals surface area contributed by atoms with Crippen LogP contribution in [-0.4, -0.2) is 11.6 Å². The van der Waals surface area contributed by atoms with Gasteiger partial charge in [-0.15, -0.1) is 17.1 Å². The Morgan fingerprint density at radius 3 is 2.35 bits per heavy atom. The minimum absolute atomic E-state index is 0. The summed E-state index contributed by atoms with van der Waals surface area (Å²) in [7, 11) is 2.08. The third kappa shape index (κ3) is 4.04. The van der Waals surface area contributed by atoms with Crippen molar-refractivity contribution in [3.63, 3.8) is 0 Å². The van der Waals surface area contributed by atoms with E-state index in [1.807, 2.05) is 12.1 Å². The van der Waals surface area contributed by atoms with Crippen LogP contribution in [0.15, 0.2) is 103 Å². The van der Waals surface area contributed by atoms with E-state index in [1.54, 1.807) is 0 Å². The maximum atomic E-state index is 3.65. The maximum absolute atomic E-state index is 3.65. The van der Waals surface area contributed by atoms with Crippen LogP contribution in [0.5, 0.6) is 0 Å². The quantitative estimate of drug-likeness (QED) is 0.183. The van der Waals surface area contributed by atoms with Crippen LogP contribution in [0.3, 0.4) is 0 Å². The van der Waals surface area contributed by atoms with Gasteiger partial charge in [0.2, 0.25) is 0 Å². The molecule has 0 amide bonds. The first kappa shape index (κ1) is 23.6. The molecule has 1 aromatic heterocycles. The summed E-state index contributed by atoms with van der Waals surface area (Å²) in [6.45, 7) is 2.12. The normalized spacial score (nSPS) is 12.7. The molecule has 6 aromatic rings. The summed E-state index contributed by atoms with van der Waals surface area (Å²) >= 11 is 0. The Bertz CT molecular complexity index is 1720. The van der Waals surface area contributed by atoms with Gasteiger partial charge < -0.3 is 14.4 Å². The molecule has 0 aliphatic carbocycles. The number of hydrogen-bond acceptors (Lipinski definition) is 2. The molecule has 0 atom stereocenters. The van der Waals surface area contributed by atoms with Gasteiger partial charge in [0.05, 0.1) is 0 Å². The molecular weight excluding hydrogens is 633 g/mol. The van der Waals surface area contributed by atoms with E-state index in [4.69, 9.17) is 0 Å². The molecule has 37 heavy (non-hydrogen) atoms. The maximum Gasteiger partial charge on any atom is 4.00 e. The molecule has 0 N–H and O–H groups in total. The molecule has 0 fully saturated rings. The van der Waals surface area contributed by atoms with Crippen molar-refractivity contribution in [2.24, 2.45) is 0 Å². The van der Waals surface area contributed by atoms with Gasteiger partial charge in [-0.1, -0.05) is 41.5 Å². The number of nitrogens with zero attached hydrogens (tertiary/aromatic N) is 3. The van der Waals surface area contributed by atoms with Gasteiger partial charge in [-0.2, -0.15) is 84.5 Å². The summed E-state index contributed by atoms with van der Waals surface area (Å²) in [5.74, 6) is 0. The molecule has 0 saturated heterocycles. The Balaban J connectivity index is 0.00000252. The Morgan fingerprint density at radius 2 is 1.49 bits per heavy atom. The second-order valence-corrected chi connectivity index (χ2v) is 9.18. The molecule has 5 aromatic carbocycles. The van der Waals surface area contributed by atoms with Crippen LogP contribution in [0.25, 0.3) is 27.5 Å². The smallest absolute Gasteiger partial charge is 0.504 e. The topological polar surface area (TPSA) is 11.4 Å². The summed E-state index contributed by atoms with van der Waals surface area (Å²) < 4.78 is 2.27. The van der Waals surface area contributed by atoms with E-state index in [1.165, 1.54) is 27.7 Å². The van der Waals surface area contributed by atoms with Crippen molar-refractivity contribution in [3.05, 3.63) is 139 Å². The molecule has 4 heteroatoms. The second kappa shape index (κ2) is 9.57. The largest absolute Gasteiger partial charge is 4.00 e. The first-order valence-electron chi connectivity index (χ1n) is 12.1. The fraction of sp³-hybridized carbons (Fsp3) is 0.0606. The van der Waals surface area contributed by atoms with Gasteiger partial charge >= 0.3 is 21.1 Å². The molecule has 0 unspecified atom stereocenters. The van der Waals surface area contributed by atoms with Crippen LogP contribution >= 0.6 is 0 Å². The third-order valence-electron chi connectivity index (χ3n) is 6.89. The third-order valence-corrected chi connectivity index (χ3v) is 6.89. The van der Waals surface area contributed by atoms with Crippen LogP contribution in [0.4, 0.5) is 17.1 Å². The summed E-state index contributed by atoms with van der Waals surface area (Å²) in [5.41, 5.74) is 9.07. The van der Waals surface area contributed by atoms with E-state index in [2.05, 4.69) is 137 Å². The average Bonchev–Trinajstić information content (AvgIpc) is 3.44. The van der Waals surface area contributed by atoms with Crippen LogP contribution in [0.1, 0.15) is 11.1 Å². The van der Waals surface area contributed by atoms with E-state index in [0.29, 0.717) is 0 Å². The van der Waals surface area contributed by atoms with Gasteiger partial charge in [-0.25, -0.2) is 0 Å². The zero-order valence-corrected chi connectivity index (χ0v) is 22.5. The van der Waals surface area contributed by atoms with E-state index in [-0.39, 0.29) is 21.1 Å². The van der Waals surface area contributed by atoms with E-state index in [9.17, 15) is 0 Å². The monoisotopic (exact) mass is 656 g/mol. The fourth-order valence-electron chi connectivity index (χ4n) is 5.25. The minimum atomic E-state index is 0. The van der Waals surface area contributed by atoms with Crippen molar-refractivity contribution in [3.8, 4) is 5.69 Å². The van der Waals surface area contributed by atoms with E-state index in [0.717, 1.165) is 34.4 Å². The van der Waals surface area contributed by atoms with E-state index < -0.39 is 0 Å². The standard InChI is InChI=1S/C33H23N3.Pt/c1-34-23-35(33-17-8-7-16-32(33)34)27-13-9-10-24(21-27)20-25-18-19-31-29(22-25)28-14-5-6-15-30(28)36(31)26-11-3-2-4-12-26;/h2-11,13-17,19,22-23H,20H2,1H3;/q-4;+4. The van der Waals surface area contributed by atoms with Crippen molar-refractivity contribution < 1.29 is 21.1 Å².